The number of nitrogens with zero attached hydrogens (tertiary/aromatic N) is 3. The van der Waals surface area contributed by atoms with Crippen LogP contribution in [0.3, 0.4) is 0 Å². The van der Waals surface area contributed by atoms with Crippen LogP contribution in [-0.4, -0.2) is 47.2 Å². The van der Waals surface area contributed by atoms with Crippen molar-refractivity contribution in [3.8, 4) is 11.1 Å². The van der Waals surface area contributed by atoms with Gasteiger partial charge in [-0.05, 0) is 23.3 Å². The van der Waals surface area contributed by atoms with E-state index < -0.39 is 10.0 Å². The maximum absolute atomic E-state index is 12.2. The zero-order chi connectivity index (χ0) is 20.0. The van der Waals surface area contributed by atoms with Crippen molar-refractivity contribution in [2.45, 2.75) is 11.8 Å². The van der Waals surface area contributed by atoms with E-state index in [1.165, 1.54) is 6.26 Å². The van der Waals surface area contributed by atoms with E-state index in [1.807, 2.05) is 36.5 Å². The highest BCUT2D eigenvalue weighted by atomic mass is 32.2. The van der Waals surface area contributed by atoms with E-state index in [9.17, 15) is 8.42 Å². The molecule has 2 atom stereocenters. The molecule has 2 aromatic carbocycles. The lowest BCUT2D eigenvalue weighted by Gasteiger charge is -2.16. The van der Waals surface area contributed by atoms with Gasteiger partial charge in [0.05, 0.1) is 27.7 Å². The molecule has 0 saturated carbocycles. The Morgan fingerprint density at radius 2 is 1.86 bits per heavy atom. The smallest absolute Gasteiger partial charge is 0.211 e. The van der Waals surface area contributed by atoms with Crippen LogP contribution in [0.15, 0.2) is 60.9 Å². The van der Waals surface area contributed by atoms with Crippen LogP contribution in [0.4, 0.5) is 0 Å². The van der Waals surface area contributed by atoms with E-state index in [1.54, 1.807) is 21.8 Å². The molecular weight excluding hydrogens is 404 g/mol. The molecule has 0 amide bonds. The lowest BCUT2D eigenvalue weighted by atomic mass is 9.89. The first-order chi connectivity index (χ1) is 14.0. The van der Waals surface area contributed by atoms with Crippen molar-refractivity contribution in [1.29, 1.82) is 0 Å². The highest BCUT2D eigenvalue weighted by Gasteiger charge is 2.40. The Labute approximate surface area is 173 Å². The summed E-state index contributed by atoms with van der Waals surface area (Å²) in [7, 11) is -3.25. The summed E-state index contributed by atoms with van der Waals surface area (Å²) in [4.78, 5) is 4.88. The molecule has 5 rings (SSSR count). The van der Waals surface area contributed by atoms with E-state index in [2.05, 4.69) is 28.4 Å². The first-order valence-electron chi connectivity index (χ1n) is 9.39. The third kappa shape index (κ3) is 3.48. The first kappa shape index (κ1) is 18.5. The summed E-state index contributed by atoms with van der Waals surface area (Å²) in [5.74, 6) is 0.140. The van der Waals surface area contributed by atoms with Gasteiger partial charge in [0.2, 0.25) is 10.0 Å². The lowest BCUT2D eigenvalue weighted by molar-refractivity contribution is 0.476. The Morgan fingerprint density at radius 3 is 2.59 bits per heavy atom. The summed E-state index contributed by atoms with van der Waals surface area (Å²) in [5.41, 5.74) is 4.22. The molecule has 1 aliphatic rings. The van der Waals surface area contributed by atoms with E-state index in [-0.39, 0.29) is 11.8 Å². The van der Waals surface area contributed by atoms with Crippen molar-refractivity contribution in [3.63, 3.8) is 0 Å². The fourth-order valence-electron chi connectivity index (χ4n) is 4.02. The van der Waals surface area contributed by atoms with Gasteiger partial charge in [0, 0.05) is 36.7 Å². The van der Waals surface area contributed by atoms with Crippen LogP contribution in [0.25, 0.3) is 21.3 Å². The summed E-state index contributed by atoms with van der Waals surface area (Å²) in [6.45, 7) is 0.955. The average Bonchev–Trinajstić information content (AvgIpc) is 3.45. The van der Waals surface area contributed by atoms with Gasteiger partial charge < -0.3 is 0 Å². The van der Waals surface area contributed by atoms with Crippen LogP contribution in [0.2, 0.25) is 0 Å². The van der Waals surface area contributed by atoms with Gasteiger partial charge in [0.15, 0.2) is 0 Å². The van der Waals surface area contributed by atoms with Gasteiger partial charge >= 0.3 is 0 Å². The molecule has 148 valence electrons. The molecule has 1 saturated heterocycles. The Hall–Kier alpha value is -2.55. The number of thiazole rings is 1. The molecule has 4 aromatic rings. The number of nitrogens with one attached hydrogen (secondary N) is 1. The second-order valence-corrected chi connectivity index (χ2v) is 10.5. The number of rotatable bonds is 4. The largest absolute Gasteiger partial charge is 0.285 e. The summed E-state index contributed by atoms with van der Waals surface area (Å²) >= 11 is 1.65. The summed E-state index contributed by atoms with van der Waals surface area (Å²) < 4.78 is 27.2. The standard InChI is InChI=1S/C21H20N4O2S2/c1-29(26,27)25-12-17(14-5-3-2-4-6-14)18(13-25)21-24-19-8-7-15(9-20(19)28-21)16-10-22-23-11-16/h2-11,17-18H,12-13H2,1H3,(H,22,23). The zero-order valence-corrected chi connectivity index (χ0v) is 17.5. The SMILES string of the molecule is CS(=O)(=O)N1CC(c2ccccc2)C(c2nc3ccc(-c4cn[nH]c4)cc3s2)C1. The molecule has 0 spiro atoms. The van der Waals surface area contributed by atoms with Gasteiger partial charge in [-0.25, -0.2) is 17.7 Å². The molecule has 0 bridgehead atoms. The third-order valence-corrected chi connectivity index (χ3v) is 7.92. The van der Waals surface area contributed by atoms with Crippen LogP contribution >= 0.6 is 11.3 Å². The van der Waals surface area contributed by atoms with Crippen LogP contribution < -0.4 is 0 Å². The fourth-order valence-corrected chi connectivity index (χ4v) is 6.04. The van der Waals surface area contributed by atoms with Crippen molar-refractivity contribution in [2.24, 2.45) is 0 Å². The third-order valence-electron chi connectivity index (χ3n) is 5.54. The van der Waals surface area contributed by atoms with Gasteiger partial charge in [-0.1, -0.05) is 36.4 Å². The van der Waals surface area contributed by atoms with Crippen LogP contribution in [0.1, 0.15) is 22.4 Å². The number of aromatic amines is 1. The second kappa shape index (κ2) is 7.05. The summed E-state index contributed by atoms with van der Waals surface area (Å²) in [6, 6.07) is 16.3. The average molecular weight is 425 g/mol. The van der Waals surface area contributed by atoms with Gasteiger partial charge in [-0.2, -0.15) is 5.10 Å². The molecular formula is C21H20N4O2S2. The molecule has 8 heteroatoms. The van der Waals surface area contributed by atoms with E-state index in [0.29, 0.717) is 13.1 Å². The second-order valence-electron chi connectivity index (χ2n) is 7.43. The Kier molecular flexibility index (Phi) is 4.49. The molecule has 6 nitrogen and oxygen atoms in total. The topological polar surface area (TPSA) is 79.0 Å². The number of sulfonamides is 1. The molecule has 2 unspecified atom stereocenters. The van der Waals surface area contributed by atoms with E-state index in [4.69, 9.17) is 4.98 Å². The minimum Gasteiger partial charge on any atom is -0.285 e. The maximum Gasteiger partial charge on any atom is 0.211 e. The molecule has 0 aliphatic carbocycles. The summed E-state index contributed by atoms with van der Waals surface area (Å²) in [5, 5.41) is 7.86. The normalized spacial score (nSPS) is 20.4. The molecule has 1 aliphatic heterocycles. The van der Waals surface area contributed by atoms with Gasteiger partial charge in [0.25, 0.3) is 0 Å². The molecule has 0 radical (unpaired) electrons. The van der Waals surface area contributed by atoms with Crippen molar-refractivity contribution in [3.05, 3.63) is 71.5 Å². The number of benzene rings is 2. The van der Waals surface area contributed by atoms with Gasteiger partial charge in [-0.3, -0.25) is 5.10 Å². The van der Waals surface area contributed by atoms with Crippen molar-refractivity contribution in [1.82, 2.24) is 19.5 Å². The predicted octanol–water partition coefficient (Wildman–Crippen LogP) is 3.83. The number of H-pyrrole nitrogens is 1. The van der Waals surface area contributed by atoms with Crippen LogP contribution in [-0.2, 0) is 10.0 Å². The number of fused-ring (bicyclic) bond motifs is 1. The van der Waals surface area contributed by atoms with Gasteiger partial charge in [-0.15, -0.1) is 11.3 Å². The Balaban J connectivity index is 1.55. The Bertz CT molecular complexity index is 1250. The van der Waals surface area contributed by atoms with Crippen LogP contribution in [0, 0.1) is 0 Å². The van der Waals surface area contributed by atoms with E-state index >= 15 is 0 Å². The molecule has 1 fully saturated rings. The lowest BCUT2D eigenvalue weighted by Crippen LogP contribution is -2.27. The van der Waals surface area contributed by atoms with E-state index in [0.717, 1.165) is 31.9 Å². The predicted molar refractivity (Wildman–Crippen MR) is 116 cm³/mol. The number of aromatic nitrogens is 3. The highest BCUT2D eigenvalue weighted by molar-refractivity contribution is 7.88. The fraction of sp³-hybridized carbons (Fsp3) is 0.238. The highest BCUT2D eigenvalue weighted by Crippen LogP contribution is 2.43. The maximum atomic E-state index is 12.2. The molecule has 2 aromatic heterocycles. The van der Waals surface area contributed by atoms with Crippen molar-refractivity contribution < 1.29 is 8.42 Å². The Morgan fingerprint density at radius 1 is 1.07 bits per heavy atom. The molecule has 29 heavy (non-hydrogen) atoms. The minimum atomic E-state index is -3.25. The molecule has 1 N–H and O–H groups in total. The van der Waals surface area contributed by atoms with Crippen molar-refractivity contribution >= 4 is 31.6 Å². The first-order valence-corrected chi connectivity index (χ1v) is 12.1. The van der Waals surface area contributed by atoms with Gasteiger partial charge in [0.1, 0.15) is 0 Å². The molecule has 3 heterocycles. The number of hydrogen-bond donors (Lipinski definition) is 1. The quantitative estimate of drug-likeness (QED) is 0.540. The summed E-state index contributed by atoms with van der Waals surface area (Å²) in [6.07, 6.45) is 4.96. The van der Waals surface area contributed by atoms with Crippen LogP contribution in [0.5, 0.6) is 0 Å². The minimum absolute atomic E-state index is 0.0434. The van der Waals surface area contributed by atoms with Crippen molar-refractivity contribution in [2.75, 3.05) is 19.3 Å². The monoisotopic (exact) mass is 424 g/mol. The zero-order valence-electron chi connectivity index (χ0n) is 15.8. The number of hydrogen-bond acceptors (Lipinski definition) is 5.